The zero-order valence-corrected chi connectivity index (χ0v) is 13.8. The summed E-state index contributed by atoms with van der Waals surface area (Å²) in [5.41, 5.74) is 0.969. The molecule has 1 aromatic rings. The molecule has 0 aliphatic carbocycles. The van der Waals surface area contributed by atoms with Gasteiger partial charge < -0.3 is 14.6 Å². The van der Waals surface area contributed by atoms with E-state index in [9.17, 15) is 8.42 Å². The fraction of sp³-hybridized carbons (Fsp3) is 0.714. The molecule has 0 amide bonds. The van der Waals surface area contributed by atoms with Gasteiger partial charge in [0.05, 0.1) is 13.2 Å². The molecule has 0 saturated carbocycles. The molecule has 1 atom stereocenters. The average molecular weight is 315 g/mol. The zero-order chi connectivity index (χ0) is 15.5. The van der Waals surface area contributed by atoms with E-state index in [-0.39, 0.29) is 6.04 Å². The Bertz CT molecular complexity index is 568. The van der Waals surface area contributed by atoms with E-state index in [1.807, 2.05) is 25.5 Å². The molecule has 1 fully saturated rings. The highest BCUT2D eigenvalue weighted by atomic mass is 32.2. The van der Waals surface area contributed by atoms with E-state index >= 15 is 0 Å². The lowest BCUT2D eigenvalue weighted by Crippen LogP contribution is -2.48. The molecule has 0 radical (unpaired) electrons. The molecule has 1 aliphatic heterocycles. The molecule has 21 heavy (non-hydrogen) atoms. The molecule has 1 N–H and O–H groups in total. The van der Waals surface area contributed by atoms with E-state index in [2.05, 4.69) is 5.32 Å². The van der Waals surface area contributed by atoms with Crippen molar-refractivity contribution >= 4 is 10.0 Å². The first-order valence-corrected chi connectivity index (χ1v) is 8.90. The summed E-state index contributed by atoms with van der Waals surface area (Å²) in [7, 11) is -1.57. The maximum atomic E-state index is 12.8. The van der Waals surface area contributed by atoms with Crippen molar-refractivity contribution in [2.45, 2.75) is 37.8 Å². The van der Waals surface area contributed by atoms with Crippen LogP contribution in [0.2, 0.25) is 0 Å². The third-order valence-electron chi connectivity index (χ3n) is 3.89. The molecule has 1 unspecified atom stereocenters. The van der Waals surface area contributed by atoms with Gasteiger partial charge >= 0.3 is 0 Å². The van der Waals surface area contributed by atoms with Crippen LogP contribution in [0.15, 0.2) is 17.2 Å². The molecular weight excluding hydrogens is 290 g/mol. The van der Waals surface area contributed by atoms with Crippen molar-refractivity contribution in [3.8, 4) is 0 Å². The van der Waals surface area contributed by atoms with Crippen LogP contribution in [-0.4, -0.2) is 49.6 Å². The molecule has 7 heteroatoms. The number of hydrogen-bond donors (Lipinski definition) is 1. The van der Waals surface area contributed by atoms with Crippen molar-refractivity contribution in [3.63, 3.8) is 0 Å². The normalized spacial score (nSPS) is 20.8. The van der Waals surface area contributed by atoms with Crippen LogP contribution < -0.4 is 5.32 Å². The Kier molecular flexibility index (Phi) is 5.43. The molecule has 1 aromatic heterocycles. The summed E-state index contributed by atoms with van der Waals surface area (Å²) in [4.78, 5) is 0.373. The molecule has 1 saturated heterocycles. The zero-order valence-electron chi connectivity index (χ0n) is 13.0. The van der Waals surface area contributed by atoms with Crippen LogP contribution in [0, 0.1) is 0 Å². The highest BCUT2D eigenvalue weighted by Crippen LogP contribution is 2.23. The van der Waals surface area contributed by atoms with E-state index in [1.165, 1.54) is 0 Å². The third kappa shape index (κ3) is 3.48. The Morgan fingerprint density at radius 3 is 2.86 bits per heavy atom. The van der Waals surface area contributed by atoms with Gasteiger partial charge in [0.15, 0.2) is 0 Å². The van der Waals surface area contributed by atoms with E-state index in [0.29, 0.717) is 31.2 Å². The summed E-state index contributed by atoms with van der Waals surface area (Å²) >= 11 is 0. The number of nitrogens with zero attached hydrogens (tertiary/aromatic N) is 2. The first kappa shape index (κ1) is 16.5. The second kappa shape index (κ2) is 6.91. The smallest absolute Gasteiger partial charge is 0.245 e. The van der Waals surface area contributed by atoms with Crippen LogP contribution in [0.5, 0.6) is 0 Å². The van der Waals surface area contributed by atoms with Crippen molar-refractivity contribution < 1.29 is 13.2 Å². The molecule has 2 rings (SSSR count). The quantitative estimate of drug-likeness (QED) is 0.848. The molecule has 6 nitrogen and oxygen atoms in total. The van der Waals surface area contributed by atoms with Crippen molar-refractivity contribution in [1.29, 1.82) is 0 Å². The van der Waals surface area contributed by atoms with Gasteiger partial charge in [0, 0.05) is 38.1 Å². The second-order valence-corrected chi connectivity index (χ2v) is 7.20. The van der Waals surface area contributed by atoms with Gasteiger partial charge in [-0.25, -0.2) is 8.42 Å². The van der Waals surface area contributed by atoms with Gasteiger partial charge in [-0.05, 0) is 19.0 Å². The Morgan fingerprint density at radius 2 is 2.19 bits per heavy atom. The largest absolute Gasteiger partial charge is 0.378 e. The van der Waals surface area contributed by atoms with Crippen molar-refractivity contribution in [3.05, 3.63) is 18.0 Å². The molecule has 120 valence electrons. The van der Waals surface area contributed by atoms with Crippen LogP contribution in [0.1, 0.15) is 26.0 Å². The number of rotatable bonds is 6. The van der Waals surface area contributed by atoms with Crippen molar-refractivity contribution in [2.75, 3.05) is 26.3 Å². The van der Waals surface area contributed by atoms with Crippen LogP contribution in [0.3, 0.4) is 0 Å². The van der Waals surface area contributed by atoms with Crippen molar-refractivity contribution in [1.82, 2.24) is 14.2 Å². The average Bonchev–Trinajstić information content (AvgIpc) is 2.87. The van der Waals surface area contributed by atoms with Gasteiger partial charge in [0.1, 0.15) is 4.90 Å². The maximum absolute atomic E-state index is 12.8. The summed E-state index contributed by atoms with van der Waals surface area (Å²) in [6.45, 7) is 6.92. The number of morpholine rings is 1. The molecule has 0 aromatic carbocycles. The standard InChI is InChI=1S/C14H25N3O3S/c1-4-12-11-20-7-6-17(12)21(18,19)14-8-13(9-15-5-2)16(3)10-14/h8,10,12,15H,4-7,9,11H2,1-3H3. The van der Waals surface area contributed by atoms with E-state index in [1.54, 1.807) is 16.6 Å². The molecule has 2 heterocycles. The lowest BCUT2D eigenvalue weighted by Gasteiger charge is -2.33. The lowest BCUT2D eigenvalue weighted by atomic mass is 10.2. The second-order valence-electron chi connectivity index (χ2n) is 5.31. The number of aromatic nitrogens is 1. The number of hydrogen-bond acceptors (Lipinski definition) is 4. The van der Waals surface area contributed by atoms with Crippen LogP contribution >= 0.6 is 0 Å². The molecule has 0 bridgehead atoms. The summed E-state index contributed by atoms with van der Waals surface area (Å²) in [5.74, 6) is 0. The fourth-order valence-electron chi connectivity index (χ4n) is 2.56. The summed E-state index contributed by atoms with van der Waals surface area (Å²) in [6.07, 6.45) is 2.46. The predicted molar refractivity (Wildman–Crippen MR) is 81.6 cm³/mol. The number of aryl methyl sites for hydroxylation is 1. The fourth-order valence-corrected chi connectivity index (χ4v) is 4.32. The SMILES string of the molecule is CCNCc1cc(S(=O)(=O)N2CCOCC2CC)cn1C. The Balaban J connectivity index is 2.26. The van der Waals surface area contributed by atoms with Gasteiger partial charge in [-0.1, -0.05) is 13.8 Å². The monoisotopic (exact) mass is 315 g/mol. The minimum atomic E-state index is -3.45. The van der Waals surface area contributed by atoms with Crippen LogP contribution in [-0.2, 0) is 28.4 Å². The van der Waals surface area contributed by atoms with Crippen molar-refractivity contribution in [2.24, 2.45) is 7.05 Å². The Hall–Kier alpha value is -0.890. The maximum Gasteiger partial charge on any atom is 0.245 e. The minimum absolute atomic E-state index is 0.0684. The first-order chi connectivity index (χ1) is 10.0. The van der Waals surface area contributed by atoms with Gasteiger partial charge in [0.25, 0.3) is 0 Å². The van der Waals surface area contributed by atoms with Gasteiger partial charge in [0.2, 0.25) is 10.0 Å². The molecule has 0 spiro atoms. The summed E-state index contributed by atoms with van der Waals surface area (Å²) in [6, 6.07) is 1.70. The molecular formula is C14H25N3O3S. The first-order valence-electron chi connectivity index (χ1n) is 7.46. The third-order valence-corrected chi connectivity index (χ3v) is 5.81. The Labute approximate surface area is 127 Å². The van der Waals surface area contributed by atoms with Crippen LogP contribution in [0.25, 0.3) is 0 Å². The van der Waals surface area contributed by atoms with Gasteiger partial charge in [-0.15, -0.1) is 0 Å². The van der Waals surface area contributed by atoms with Crippen LogP contribution in [0.4, 0.5) is 0 Å². The highest BCUT2D eigenvalue weighted by Gasteiger charge is 2.33. The van der Waals surface area contributed by atoms with E-state index in [0.717, 1.165) is 18.7 Å². The summed E-state index contributed by atoms with van der Waals surface area (Å²) in [5, 5.41) is 3.22. The lowest BCUT2D eigenvalue weighted by molar-refractivity contribution is 0.0314. The summed E-state index contributed by atoms with van der Waals surface area (Å²) < 4.78 is 34.5. The predicted octanol–water partition coefficient (Wildman–Crippen LogP) is 0.934. The van der Waals surface area contributed by atoms with E-state index < -0.39 is 10.0 Å². The minimum Gasteiger partial charge on any atom is -0.378 e. The molecule has 1 aliphatic rings. The topological polar surface area (TPSA) is 63.6 Å². The highest BCUT2D eigenvalue weighted by molar-refractivity contribution is 7.89. The van der Waals surface area contributed by atoms with Gasteiger partial charge in [-0.3, -0.25) is 0 Å². The number of nitrogens with one attached hydrogen (secondary N) is 1. The van der Waals surface area contributed by atoms with Gasteiger partial charge in [-0.2, -0.15) is 4.31 Å². The Morgan fingerprint density at radius 1 is 1.43 bits per heavy atom. The number of ether oxygens (including phenoxy) is 1. The number of sulfonamides is 1. The van der Waals surface area contributed by atoms with E-state index in [4.69, 9.17) is 4.74 Å².